The van der Waals surface area contributed by atoms with Gasteiger partial charge in [-0.25, -0.2) is 4.39 Å². The summed E-state index contributed by atoms with van der Waals surface area (Å²) >= 11 is 0. The highest BCUT2D eigenvalue weighted by molar-refractivity contribution is 5.45. The van der Waals surface area contributed by atoms with E-state index in [1.165, 1.54) is 12.1 Å². The smallest absolute Gasteiger partial charge is 0.254 e. The van der Waals surface area contributed by atoms with Gasteiger partial charge in [-0.05, 0) is 30.9 Å². The zero-order valence-electron chi connectivity index (χ0n) is 17.4. The SMILES string of the molecule is COc1cc(F)ccc1C[C@H]1CCCCCN1c1nc(N2CCOCC2)cc(=O)[nH]1. The molecular weight excluding hydrogens is 387 g/mol. The molecule has 0 radical (unpaired) electrons. The van der Waals surface area contributed by atoms with Gasteiger partial charge in [0.05, 0.1) is 20.3 Å². The Hall–Kier alpha value is -2.61. The summed E-state index contributed by atoms with van der Waals surface area (Å²) in [5.41, 5.74) is 0.811. The van der Waals surface area contributed by atoms with Gasteiger partial charge >= 0.3 is 0 Å². The highest BCUT2D eigenvalue weighted by Gasteiger charge is 2.26. The largest absolute Gasteiger partial charge is 0.496 e. The standard InChI is InChI=1S/C22H29FN4O3/c1-29-19-14-17(23)7-6-16(19)13-18-5-3-2-4-8-27(18)22-24-20(15-21(28)25-22)26-9-11-30-12-10-26/h6-7,14-15,18H,2-5,8-13H2,1H3,(H,24,25,28)/t18-/m1/s1. The zero-order chi connectivity index (χ0) is 20.9. The number of benzene rings is 1. The van der Waals surface area contributed by atoms with Crippen LogP contribution in [0.15, 0.2) is 29.1 Å². The number of hydrogen-bond acceptors (Lipinski definition) is 6. The second-order valence-electron chi connectivity index (χ2n) is 7.88. The average Bonchev–Trinajstić information content (AvgIpc) is 3.00. The average molecular weight is 416 g/mol. The van der Waals surface area contributed by atoms with Crippen LogP contribution in [0.25, 0.3) is 0 Å². The Morgan fingerprint density at radius 2 is 2.03 bits per heavy atom. The summed E-state index contributed by atoms with van der Waals surface area (Å²) in [6, 6.07) is 6.39. The molecule has 1 atom stereocenters. The van der Waals surface area contributed by atoms with Crippen LogP contribution < -0.4 is 20.1 Å². The number of ether oxygens (including phenoxy) is 2. The van der Waals surface area contributed by atoms with Crippen LogP contribution >= 0.6 is 0 Å². The van der Waals surface area contributed by atoms with Crippen LogP contribution in [-0.2, 0) is 11.2 Å². The van der Waals surface area contributed by atoms with Gasteiger partial charge in [0, 0.05) is 37.8 Å². The predicted octanol–water partition coefficient (Wildman–Crippen LogP) is 2.75. The van der Waals surface area contributed by atoms with Gasteiger partial charge in [0.1, 0.15) is 17.4 Å². The van der Waals surface area contributed by atoms with E-state index in [-0.39, 0.29) is 17.4 Å². The van der Waals surface area contributed by atoms with E-state index in [1.807, 2.05) is 0 Å². The molecule has 2 saturated heterocycles. The number of aromatic nitrogens is 2. The number of methoxy groups -OCH3 is 1. The van der Waals surface area contributed by atoms with E-state index < -0.39 is 0 Å². The maximum absolute atomic E-state index is 13.6. The fourth-order valence-electron chi connectivity index (χ4n) is 4.33. The molecule has 3 heterocycles. The van der Waals surface area contributed by atoms with E-state index >= 15 is 0 Å². The number of H-pyrrole nitrogens is 1. The van der Waals surface area contributed by atoms with Crippen molar-refractivity contribution in [2.24, 2.45) is 0 Å². The van der Waals surface area contributed by atoms with Crippen molar-refractivity contribution in [3.05, 3.63) is 46.0 Å². The van der Waals surface area contributed by atoms with Gasteiger partial charge in [0.25, 0.3) is 5.56 Å². The van der Waals surface area contributed by atoms with Crippen LogP contribution in [0.2, 0.25) is 0 Å². The van der Waals surface area contributed by atoms with Crippen LogP contribution in [-0.4, -0.2) is 56.0 Å². The van der Waals surface area contributed by atoms with Crippen molar-refractivity contribution in [2.45, 2.75) is 38.1 Å². The van der Waals surface area contributed by atoms with Gasteiger partial charge in [-0.3, -0.25) is 9.78 Å². The molecule has 4 rings (SSSR count). The van der Waals surface area contributed by atoms with Crippen molar-refractivity contribution in [3.63, 3.8) is 0 Å². The molecule has 0 spiro atoms. The lowest BCUT2D eigenvalue weighted by Crippen LogP contribution is -2.41. The quantitative estimate of drug-likeness (QED) is 0.808. The van der Waals surface area contributed by atoms with Crippen molar-refractivity contribution in [1.29, 1.82) is 0 Å². The van der Waals surface area contributed by atoms with Crippen LogP contribution in [0.4, 0.5) is 16.2 Å². The fourth-order valence-corrected chi connectivity index (χ4v) is 4.33. The summed E-state index contributed by atoms with van der Waals surface area (Å²) < 4.78 is 24.5. The Labute approximate surface area is 175 Å². The van der Waals surface area contributed by atoms with Gasteiger partial charge in [0.15, 0.2) is 0 Å². The Bertz CT molecular complexity index is 913. The van der Waals surface area contributed by atoms with Gasteiger partial charge in [-0.15, -0.1) is 0 Å². The molecule has 1 aromatic carbocycles. The highest BCUT2D eigenvalue weighted by Crippen LogP contribution is 2.28. The summed E-state index contributed by atoms with van der Waals surface area (Å²) in [5, 5.41) is 0. The molecule has 2 fully saturated rings. The second-order valence-corrected chi connectivity index (χ2v) is 7.88. The molecule has 0 aliphatic carbocycles. The molecule has 2 aromatic rings. The summed E-state index contributed by atoms with van der Waals surface area (Å²) in [5.74, 6) is 1.55. The normalized spacial score (nSPS) is 20.1. The van der Waals surface area contributed by atoms with Gasteiger partial charge in [-0.1, -0.05) is 18.9 Å². The highest BCUT2D eigenvalue weighted by atomic mass is 19.1. The van der Waals surface area contributed by atoms with E-state index in [0.717, 1.165) is 50.9 Å². The Balaban J connectivity index is 1.63. The van der Waals surface area contributed by atoms with Crippen molar-refractivity contribution >= 4 is 11.8 Å². The molecule has 0 saturated carbocycles. The summed E-state index contributed by atoms with van der Waals surface area (Å²) in [6.07, 6.45) is 4.97. The predicted molar refractivity (Wildman–Crippen MR) is 114 cm³/mol. The number of halogens is 1. The fraction of sp³-hybridized carbons (Fsp3) is 0.545. The molecule has 7 nitrogen and oxygen atoms in total. The zero-order valence-corrected chi connectivity index (χ0v) is 17.4. The number of rotatable bonds is 5. The number of aromatic amines is 1. The van der Waals surface area contributed by atoms with Crippen molar-refractivity contribution in [3.8, 4) is 5.75 Å². The third-order valence-corrected chi connectivity index (χ3v) is 5.90. The maximum atomic E-state index is 13.6. The summed E-state index contributed by atoms with van der Waals surface area (Å²) in [7, 11) is 1.56. The lowest BCUT2D eigenvalue weighted by atomic mass is 10.00. The minimum absolute atomic E-state index is 0.148. The van der Waals surface area contributed by atoms with Gasteiger partial charge in [-0.2, -0.15) is 4.98 Å². The Kier molecular flexibility index (Phi) is 6.52. The van der Waals surface area contributed by atoms with Crippen LogP contribution in [0.5, 0.6) is 5.75 Å². The van der Waals surface area contributed by atoms with Gasteiger partial charge < -0.3 is 19.3 Å². The molecule has 2 aliphatic heterocycles. The van der Waals surface area contributed by atoms with E-state index in [1.54, 1.807) is 19.2 Å². The first-order valence-electron chi connectivity index (χ1n) is 10.7. The summed E-state index contributed by atoms with van der Waals surface area (Å²) in [6.45, 7) is 3.56. The third kappa shape index (κ3) is 4.75. The number of hydrogen-bond donors (Lipinski definition) is 1. The third-order valence-electron chi connectivity index (χ3n) is 5.90. The van der Waals surface area contributed by atoms with E-state index in [0.29, 0.717) is 37.2 Å². The Morgan fingerprint density at radius 1 is 1.20 bits per heavy atom. The topological polar surface area (TPSA) is 70.7 Å². The maximum Gasteiger partial charge on any atom is 0.254 e. The van der Waals surface area contributed by atoms with Crippen LogP contribution in [0.1, 0.15) is 31.2 Å². The number of morpholine rings is 1. The monoisotopic (exact) mass is 416 g/mol. The van der Waals surface area contributed by atoms with E-state index in [2.05, 4.69) is 14.8 Å². The molecule has 30 heavy (non-hydrogen) atoms. The number of nitrogens with zero attached hydrogens (tertiary/aromatic N) is 3. The second kappa shape index (κ2) is 9.47. The lowest BCUT2D eigenvalue weighted by molar-refractivity contribution is 0.122. The first-order chi connectivity index (χ1) is 14.6. The van der Waals surface area contributed by atoms with Crippen molar-refractivity contribution in [1.82, 2.24) is 9.97 Å². The van der Waals surface area contributed by atoms with E-state index in [9.17, 15) is 9.18 Å². The molecule has 162 valence electrons. The molecule has 0 bridgehead atoms. The lowest BCUT2D eigenvalue weighted by Gasteiger charge is -2.33. The molecular formula is C22H29FN4O3. The first-order valence-corrected chi connectivity index (χ1v) is 10.7. The molecule has 1 N–H and O–H groups in total. The van der Waals surface area contributed by atoms with Gasteiger partial charge in [0.2, 0.25) is 5.95 Å². The minimum Gasteiger partial charge on any atom is -0.496 e. The first kappa shape index (κ1) is 20.7. The molecule has 0 unspecified atom stereocenters. The van der Waals surface area contributed by atoms with Crippen molar-refractivity contribution < 1.29 is 13.9 Å². The van der Waals surface area contributed by atoms with Crippen molar-refractivity contribution in [2.75, 3.05) is 49.8 Å². The number of anilines is 2. The molecule has 0 amide bonds. The Morgan fingerprint density at radius 3 is 2.83 bits per heavy atom. The molecule has 8 heteroatoms. The molecule has 2 aliphatic rings. The van der Waals surface area contributed by atoms with E-state index in [4.69, 9.17) is 14.5 Å². The summed E-state index contributed by atoms with van der Waals surface area (Å²) in [4.78, 5) is 24.5. The van der Waals surface area contributed by atoms with Crippen LogP contribution in [0.3, 0.4) is 0 Å². The number of nitrogens with one attached hydrogen (secondary N) is 1. The van der Waals surface area contributed by atoms with Crippen LogP contribution in [0, 0.1) is 5.82 Å². The minimum atomic E-state index is -0.308. The molecule has 1 aromatic heterocycles.